The Bertz CT molecular complexity index is 2890. The van der Waals surface area contributed by atoms with Crippen LogP contribution in [0.5, 0.6) is 0 Å². The monoisotopic (exact) mass is 1010 g/mol. The van der Waals surface area contributed by atoms with E-state index in [9.17, 15) is 0 Å². The van der Waals surface area contributed by atoms with Gasteiger partial charge >= 0.3 is 20.1 Å². The van der Waals surface area contributed by atoms with Crippen LogP contribution in [0.3, 0.4) is 0 Å². The van der Waals surface area contributed by atoms with E-state index in [0.29, 0.717) is 23.3 Å². The molecule has 6 heteroatoms. The molecule has 0 saturated carbocycles. The Balaban J connectivity index is 0.000000217. The minimum Gasteiger partial charge on any atom is -0.661 e. The van der Waals surface area contributed by atoms with Gasteiger partial charge in [0.2, 0.25) is 0 Å². The van der Waals surface area contributed by atoms with Gasteiger partial charge < -0.3 is 19.8 Å². The predicted molar refractivity (Wildman–Crippen MR) is 263 cm³/mol. The maximum Gasteiger partial charge on any atom is 3.00 e. The second kappa shape index (κ2) is 18.6. The Morgan fingerprint density at radius 1 is 0.726 bits per heavy atom. The molecule has 1 aliphatic rings. The van der Waals surface area contributed by atoms with Gasteiger partial charge in [-0.15, -0.1) is 46.5 Å². The quantitative estimate of drug-likeness (QED) is 0.107. The largest absolute Gasteiger partial charge is 3.00 e. The fraction of sp³-hybridized carbons (Fsp3) is 0.268. The molecule has 0 saturated heterocycles. The summed E-state index contributed by atoms with van der Waals surface area (Å²) in [5.74, 6) is 1.35. The number of aryl methyl sites for hydroxylation is 1. The van der Waals surface area contributed by atoms with Crippen LogP contribution < -0.4 is 10.1 Å². The molecule has 6 aromatic carbocycles. The third kappa shape index (κ3) is 8.97. The summed E-state index contributed by atoms with van der Waals surface area (Å²) in [7, 11) is -1.45. The maximum atomic E-state index is 7.46. The molecule has 4 nitrogen and oxygen atoms in total. The van der Waals surface area contributed by atoms with Gasteiger partial charge in [-0.3, -0.25) is 0 Å². The van der Waals surface area contributed by atoms with Gasteiger partial charge in [-0.05, 0) is 82.0 Å². The summed E-state index contributed by atoms with van der Waals surface area (Å²) < 4.78 is 24.7. The molecule has 0 fully saturated rings. The fourth-order valence-corrected chi connectivity index (χ4v) is 10.4. The number of hydrogen-bond acceptors (Lipinski definition) is 2. The average molecular weight is 1010 g/mol. The van der Waals surface area contributed by atoms with E-state index in [4.69, 9.17) is 9.43 Å². The molecule has 8 aromatic rings. The molecule has 2 aromatic heterocycles. The first kappa shape index (κ1) is 40.8. The zero-order chi connectivity index (χ0) is 45.5. The number of anilines is 2. The summed E-state index contributed by atoms with van der Waals surface area (Å²) in [5.41, 5.74) is 14.1. The minimum atomic E-state index is -2.09. The number of aromatic nitrogens is 2. The van der Waals surface area contributed by atoms with E-state index in [1.807, 2.05) is 6.20 Å². The Kier molecular flexibility index (Phi) is 12.2. The van der Waals surface area contributed by atoms with Crippen LogP contribution in [0.2, 0.25) is 19.6 Å². The van der Waals surface area contributed by atoms with Gasteiger partial charge in [0.05, 0.1) is 8.07 Å². The average Bonchev–Trinajstić information content (AvgIpc) is 3.81. The van der Waals surface area contributed by atoms with Gasteiger partial charge in [-0.2, -0.15) is 23.8 Å². The Morgan fingerprint density at radius 2 is 1.42 bits per heavy atom. The van der Waals surface area contributed by atoms with Crippen molar-refractivity contribution in [2.45, 2.75) is 92.5 Å². The summed E-state index contributed by atoms with van der Waals surface area (Å²) in [6, 6.07) is 53.0. The van der Waals surface area contributed by atoms with Crippen LogP contribution in [-0.2, 0) is 26.5 Å². The summed E-state index contributed by atoms with van der Waals surface area (Å²) in [5, 5.41) is 9.18. The van der Waals surface area contributed by atoms with E-state index < -0.39 is 14.9 Å². The van der Waals surface area contributed by atoms with Crippen LogP contribution in [-0.4, -0.2) is 17.6 Å². The first-order valence-electron chi connectivity index (χ1n) is 23.2. The number of hydrogen-bond donors (Lipinski definition) is 0. The third-order valence-corrected chi connectivity index (χ3v) is 13.7. The first-order valence-corrected chi connectivity index (χ1v) is 25.2. The molecule has 9 rings (SSSR count). The number of pyridine rings is 1. The molecular formula is C56H59IrN4Si. The summed E-state index contributed by atoms with van der Waals surface area (Å²) in [4.78, 5) is 7.10. The molecule has 1 aliphatic heterocycles. The van der Waals surface area contributed by atoms with E-state index >= 15 is 0 Å². The number of benzene rings is 6. The topological polar surface area (TPSA) is 35.2 Å². The van der Waals surface area contributed by atoms with Crippen LogP contribution >= 0.6 is 0 Å². The molecule has 0 aliphatic carbocycles. The molecule has 0 radical (unpaired) electrons. The molecule has 0 N–H and O–H groups in total. The van der Waals surface area contributed by atoms with Crippen molar-refractivity contribution in [2.24, 2.45) is 5.92 Å². The van der Waals surface area contributed by atoms with Crippen molar-refractivity contribution in [3.05, 3.63) is 185 Å². The second-order valence-corrected chi connectivity index (χ2v) is 23.4. The third-order valence-electron chi connectivity index (χ3n) is 11.7. The van der Waals surface area contributed by atoms with Crippen LogP contribution in [0.1, 0.15) is 91.5 Å². The normalized spacial score (nSPS) is 14.5. The molecule has 62 heavy (non-hydrogen) atoms. The SMILES string of the molecule is CC(C)c1cccc(C(C)C)c1N1c2ccccc2[N-]C1c1[c-]cc2c(c1)c1ccccc1n2-c1ccccc1.[2H]C([2H])([2H])c1c[c-]c(-c2cc(CC(C)C)c([Si](C)(C)C)cn2)cc1.[Ir+3]. The van der Waals surface area contributed by atoms with Gasteiger partial charge in [0, 0.05) is 32.9 Å². The zero-order valence-corrected chi connectivity index (χ0v) is 40.8. The van der Waals surface area contributed by atoms with Crippen molar-refractivity contribution in [3.8, 4) is 16.9 Å². The van der Waals surface area contributed by atoms with Gasteiger partial charge in [0.25, 0.3) is 0 Å². The summed E-state index contributed by atoms with van der Waals surface area (Å²) >= 11 is 0. The Labute approximate surface area is 389 Å². The fourth-order valence-electron chi connectivity index (χ4n) is 8.78. The van der Waals surface area contributed by atoms with E-state index in [1.54, 1.807) is 18.2 Å². The van der Waals surface area contributed by atoms with Crippen molar-refractivity contribution >= 4 is 52.1 Å². The molecule has 3 heterocycles. The van der Waals surface area contributed by atoms with Crippen LogP contribution in [0.15, 0.2) is 140 Å². The predicted octanol–water partition coefficient (Wildman–Crippen LogP) is 15.3. The number of fused-ring (bicyclic) bond motifs is 4. The number of rotatable bonds is 9. The minimum absolute atomic E-state index is 0. The van der Waals surface area contributed by atoms with Crippen molar-refractivity contribution in [1.82, 2.24) is 9.55 Å². The summed E-state index contributed by atoms with van der Waals surface area (Å²) in [6.45, 7) is 18.5. The molecule has 0 spiro atoms. The maximum absolute atomic E-state index is 7.46. The smallest absolute Gasteiger partial charge is 0.661 e. The van der Waals surface area contributed by atoms with Gasteiger partial charge in [0.15, 0.2) is 0 Å². The van der Waals surface area contributed by atoms with Crippen molar-refractivity contribution in [2.75, 3.05) is 4.90 Å². The standard InChI is InChI=1S/C37H33N3.C19H26NSi.Ir/c1-24(2)28-16-12-17-29(25(3)4)36(28)40-35-20-11-9-18-32(35)38-37(40)26-21-22-34-31(23-26)30-15-8-10-19-33(30)39(34)27-13-6-5-7-14-27;1-14(2)11-17-12-18(16-9-7-15(3)8-10-16)20-13-19(17)21(4,5)6;/h5-20,22-25,37H,1-4H3;7-9,12-14H,11H2,1-6H3;/q-2;-1;+3/i;3D3;. The van der Waals surface area contributed by atoms with Crippen LogP contribution in [0, 0.1) is 24.9 Å². The van der Waals surface area contributed by atoms with Gasteiger partial charge in [-0.25, -0.2) is 0 Å². The molecule has 1 atom stereocenters. The van der Waals surface area contributed by atoms with E-state index in [2.05, 4.69) is 203 Å². The van der Waals surface area contributed by atoms with Gasteiger partial charge in [0.1, 0.15) is 0 Å². The van der Waals surface area contributed by atoms with Crippen LogP contribution in [0.4, 0.5) is 17.1 Å². The number of nitrogens with zero attached hydrogens (tertiary/aromatic N) is 4. The molecule has 0 amide bonds. The van der Waals surface area contributed by atoms with Crippen molar-refractivity contribution < 1.29 is 24.2 Å². The molecular weight excluding hydrogens is 949 g/mol. The van der Waals surface area contributed by atoms with Crippen molar-refractivity contribution in [1.29, 1.82) is 0 Å². The Morgan fingerprint density at radius 3 is 2.08 bits per heavy atom. The van der Waals surface area contributed by atoms with E-state index in [1.165, 1.54) is 43.9 Å². The molecule has 316 valence electrons. The Hall–Kier alpha value is -5.26. The zero-order valence-electron chi connectivity index (χ0n) is 40.4. The van der Waals surface area contributed by atoms with E-state index in [0.717, 1.165) is 45.8 Å². The first-order chi connectivity index (χ1) is 30.5. The molecule has 1 unspecified atom stereocenters. The van der Waals surface area contributed by atoms with Crippen LogP contribution in [0.25, 0.3) is 44.1 Å². The van der Waals surface area contributed by atoms with Crippen molar-refractivity contribution in [3.63, 3.8) is 0 Å². The second-order valence-electron chi connectivity index (χ2n) is 18.4. The van der Waals surface area contributed by atoms with E-state index in [-0.39, 0.29) is 26.3 Å². The number of para-hydroxylation sites is 5. The molecule has 0 bridgehead atoms. The summed E-state index contributed by atoms with van der Waals surface area (Å²) in [6.07, 6.45) is 2.85. The van der Waals surface area contributed by atoms with Gasteiger partial charge in [-0.1, -0.05) is 158 Å².